The van der Waals surface area contributed by atoms with Gasteiger partial charge in [-0.25, -0.2) is 9.97 Å². The van der Waals surface area contributed by atoms with Crippen LogP contribution in [0.3, 0.4) is 0 Å². The summed E-state index contributed by atoms with van der Waals surface area (Å²) in [6.45, 7) is 0.484. The predicted molar refractivity (Wildman–Crippen MR) is 46.6 cm³/mol. The van der Waals surface area contributed by atoms with Crippen molar-refractivity contribution in [2.24, 2.45) is 10.7 Å². The van der Waals surface area contributed by atoms with Gasteiger partial charge in [0.05, 0.1) is 12.4 Å². The van der Waals surface area contributed by atoms with Crippen LogP contribution in [0.25, 0.3) is 0 Å². The molecule has 3 N–H and O–H groups in total. The lowest BCUT2D eigenvalue weighted by Crippen LogP contribution is -2.18. The number of aromatic nitrogens is 2. The second kappa shape index (κ2) is 2.81. The highest BCUT2D eigenvalue weighted by molar-refractivity contribution is 5.93. The lowest BCUT2D eigenvalue weighted by molar-refractivity contribution is 0.0995. The quantitative estimate of drug-likeness (QED) is 0.597. The van der Waals surface area contributed by atoms with E-state index in [1.807, 2.05) is 0 Å². The molecule has 2 heterocycles. The molecule has 1 aromatic rings. The Kier molecular flexibility index (Phi) is 1.66. The Balaban J connectivity index is 2.48. The van der Waals surface area contributed by atoms with Gasteiger partial charge in [0.15, 0.2) is 5.82 Å². The van der Waals surface area contributed by atoms with Gasteiger partial charge in [-0.1, -0.05) is 0 Å². The van der Waals surface area contributed by atoms with Crippen molar-refractivity contribution in [3.05, 3.63) is 17.6 Å². The smallest absolute Gasteiger partial charge is 0.268 e. The molecule has 6 heteroatoms. The lowest BCUT2D eigenvalue weighted by atomic mass is 10.3. The molecule has 13 heavy (non-hydrogen) atoms. The molecule has 0 bridgehead atoms. The standard InChI is InChI=1S/C7H7N5O/c8-6(13)4-2-10-7-5(12-4)1-9-3-11-7/h1-2H,3H2,(H2,8,13)(H,10,11). The van der Waals surface area contributed by atoms with Crippen LogP contribution in [0.4, 0.5) is 5.82 Å². The Morgan fingerprint density at radius 3 is 3.23 bits per heavy atom. The molecule has 1 aliphatic heterocycles. The molecule has 0 radical (unpaired) electrons. The Morgan fingerprint density at radius 2 is 2.46 bits per heavy atom. The molecule has 1 aliphatic rings. The fourth-order valence-electron chi connectivity index (χ4n) is 1.00. The number of carbonyl (C=O) groups excluding carboxylic acids is 1. The predicted octanol–water partition coefficient (Wildman–Crippen LogP) is -0.623. The van der Waals surface area contributed by atoms with Gasteiger partial charge in [-0.15, -0.1) is 0 Å². The number of primary amides is 1. The van der Waals surface area contributed by atoms with Crippen LogP contribution >= 0.6 is 0 Å². The summed E-state index contributed by atoms with van der Waals surface area (Å²) < 4.78 is 0. The summed E-state index contributed by atoms with van der Waals surface area (Å²) in [4.78, 5) is 22.6. The van der Waals surface area contributed by atoms with E-state index in [4.69, 9.17) is 5.73 Å². The monoisotopic (exact) mass is 177 g/mol. The van der Waals surface area contributed by atoms with E-state index in [-0.39, 0.29) is 5.69 Å². The topological polar surface area (TPSA) is 93.3 Å². The molecular formula is C7H7N5O. The average Bonchev–Trinajstić information content (AvgIpc) is 2.17. The summed E-state index contributed by atoms with van der Waals surface area (Å²) in [6.07, 6.45) is 2.90. The molecule has 1 amide bonds. The number of rotatable bonds is 1. The fraction of sp³-hybridized carbons (Fsp3) is 0.143. The number of hydrogen-bond donors (Lipinski definition) is 2. The van der Waals surface area contributed by atoms with Gasteiger partial charge in [0.25, 0.3) is 5.91 Å². The first kappa shape index (κ1) is 7.66. The Morgan fingerprint density at radius 1 is 1.62 bits per heavy atom. The molecule has 0 atom stereocenters. The summed E-state index contributed by atoms with van der Waals surface area (Å²) in [5.41, 5.74) is 5.73. The molecule has 0 aliphatic carbocycles. The number of amides is 1. The van der Waals surface area contributed by atoms with Gasteiger partial charge in [-0.3, -0.25) is 9.79 Å². The Labute approximate surface area is 73.9 Å². The van der Waals surface area contributed by atoms with Crippen LogP contribution in [0.15, 0.2) is 11.2 Å². The van der Waals surface area contributed by atoms with E-state index in [0.29, 0.717) is 18.2 Å². The zero-order chi connectivity index (χ0) is 9.26. The Hall–Kier alpha value is -1.98. The van der Waals surface area contributed by atoms with Gasteiger partial charge in [0, 0.05) is 0 Å². The molecule has 0 saturated carbocycles. The van der Waals surface area contributed by atoms with Crippen molar-refractivity contribution in [2.75, 3.05) is 12.0 Å². The molecule has 1 aromatic heterocycles. The molecule has 0 fully saturated rings. The van der Waals surface area contributed by atoms with Crippen molar-refractivity contribution in [2.45, 2.75) is 0 Å². The zero-order valence-corrected chi connectivity index (χ0v) is 6.69. The molecule has 0 saturated heterocycles. The van der Waals surface area contributed by atoms with Gasteiger partial charge in [0.2, 0.25) is 0 Å². The maximum absolute atomic E-state index is 10.7. The van der Waals surface area contributed by atoms with Crippen LogP contribution in [0.2, 0.25) is 0 Å². The maximum Gasteiger partial charge on any atom is 0.268 e. The summed E-state index contributed by atoms with van der Waals surface area (Å²) in [5.74, 6) is 0.0364. The van der Waals surface area contributed by atoms with Crippen LogP contribution in [0, 0.1) is 0 Å². The van der Waals surface area contributed by atoms with Crippen molar-refractivity contribution in [1.29, 1.82) is 0 Å². The van der Waals surface area contributed by atoms with E-state index in [2.05, 4.69) is 20.3 Å². The minimum atomic E-state index is -0.589. The highest BCUT2D eigenvalue weighted by Gasteiger charge is 2.10. The van der Waals surface area contributed by atoms with Crippen LogP contribution in [0.5, 0.6) is 0 Å². The van der Waals surface area contributed by atoms with E-state index in [0.717, 1.165) is 0 Å². The number of nitrogens with two attached hydrogens (primary N) is 1. The lowest BCUT2D eigenvalue weighted by Gasteiger charge is -2.09. The number of aliphatic imine (C=N–C) groups is 1. The van der Waals surface area contributed by atoms with Crippen molar-refractivity contribution < 1.29 is 4.79 Å². The van der Waals surface area contributed by atoms with E-state index >= 15 is 0 Å². The summed E-state index contributed by atoms with van der Waals surface area (Å²) in [5, 5.41) is 2.91. The zero-order valence-electron chi connectivity index (χ0n) is 6.69. The molecular weight excluding hydrogens is 170 g/mol. The second-order valence-corrected chi connectivity index (χ2v) is 2.50. The highest BCUT2D eigenvalue weighted by atomic mass is 16.1. The third kappa shape index (κ3) is 1.33. The van der Waals surface area contributed by atoms with E-state index in [1.54, 1.807) is 6.21 Å². The number of anilines is 1. The van der Waals surface area contributed by atoms with Gasteiger partial charge >= 0.3 is 0 Å². The first-order valence-corrected chi connectivity index (χ1v) is 3.68. The highest BCUT2D eigenvalue weighted by Crippen LogP contribution is 2.10. The minimum absolute atomic E-state index is 0.147. The summed E-state index contributed by atoms with van der Waals surface area (Å²) >= 11 is 0. The molecule has 0 aromatic carbocycles. The van der Waals surface area contributed by atoms with Gasteiger partial charge < -0.3 is 11.1 Å². The van der Waals surface area contributed by atoms with Gasteiger partial charge in [-0.2, -0.15) is 0 Å². The third-order valence-corrected chi connectivity index (χ3v) is 1.60. The van der Waals surface area contributed by atoms with Gasteiger partial charge in [-0.05, 0) is 0 Å². The van der Waals surface area contributed by atoms with E-state index in [1.165, 1.54) is 6.20 Å². The summed E-state index contributed by atoms with van der Waals surface area (Å²) in [6, 6.07) is 0. The number of carbonyl (C=O) groups is 1. The third-order valence-electron chi connectivity index (χ3n) is 1.60. The van der Waals surface area contributed by atoms with E-state index < -0.39 is 5.91 Å². The molecule has 6 nitrogen and oxygen atoms in total. The first-order valence-electron chi connectivity index (χ1n) is 3.68. The number of fused-ring (bicyclic) bond motifs is 1. The molecule has 0 spiro atoms. The number of nitrogens with one attached hydrogen (secondary N) is 1. The minimum Gasteiger partial charge on any atom is -0.364 e. The van der Waals surface area contributed by atoms with Crippen LogP contribution in [0.1, 0.15) is 16.2 Å². The Bertz CT molecular complexity index is 386. The first-order chi connectivity index (χ1) is 6.27. The van der Waals surface area contributed by atoms with Crippen molar-refractivity contribution in [3.63, 3.8) is 0 Å². The van der Waals surface area contributed by atoms with Crippen molar-refractivity contribution in [3.8, 4) is 0 Å². The number of hydrogen-bond acceptors (Lipinski definition) is 5. The van der Waals surface area contributed by atoms with Gasteiger partial charge in [0.1, 0.15) is 18.1 Å². The number of nitrogens with zero attached hydrogens (tertiary/aromatic N) is 3. The SMILES string of the molecule is NC(=O)c1cnc2c(n1)C=NCN2. The van der Waals surface area contributed by atoms with Crippen LogP contribution in [-0.4, -0.2) is 28.8 Å². The van der Waals surface area contributed by atoms with Crippen LogP contribution in [-0.2, 0) is 0 Å². The molecule has 66 valence electrons. The fourth-order valence-corrected chi connectivity index (χ4v) is 1.00. The molecule has 0 unspecified atom stereocenters. The van der Waals surface area contributed by atoms with Crippen molar-refractivity contribution in [1.82, 2.24) is 9.97 Å². The average molecular weight is 177 g/mol. The molecule has 2 rings (SSSR count). The maximum atomic E-state index is 10.7. The van der Waals surface area contributed by atoms with E-state index in [9.17, 15) is 4.79 Å². The van der Waals surface area contributed by atoms with Crippen LogP contribution < -0.4 is 11.1 Å². The second-order valence-electron chi connectivity index (χ2n) is 2.50. The largest absolute Gasteiger partial charge is 0.364 e. The normalized spacial score (nSPS) is 13.2. The van der Waals surface area contributed by atoms with Crippen molar-refractivity contribution >= 4 is 17.9 Å². The summed E-state index contributed by atoms with van der Waals surface area (Å²) in [7, 11) is 0.